The largest absolute Gasteiger partial charge is 0.389 e. The molecule has 1 aromatic rings. The molecule has 0 bridgehead atoms. The summed E-state index contributed by atoms with van der Waals surface area (Å²) in [6.45, 7) is 0. The Kier molecular flexibility index (Phi) is 4.77. The molecular weight excluding hydrogens is 260 g/mol. The summed E-state index contributed by atoms with van der Waals surface area (Å²) in [5.74, 6) is -0.695. The Hall–Kier alpha value is -0.810. The highest BCUT2D eigenvalue weighted by atomic mass is 35.5. The van der Waals surface area contributed by atoms with Gasteiger partial charge in [-0.25, -0.2) is 4.39 Å². The average Bonchev–Trinajstić information content (AvgIpc) is 2.20. The summed E-state index contributed by atoms with van der Waals surface area (Å²) in [4.78, 5) is 0. The van der Waals surface area contributed by atoms with Crippen LogP contribution in [-0.2, 0) is 0 Å². The highest BCUT2D eigenvalue weighted by Gasteiger charge is 2.26. The second-order valence-corrected chi connectivity index (χ2v) is 4.10. The lowest BCUT2D eigenvalue weighted by atomic mass is 10.0. The molecule has 0 aromatic heterocycles. The van der Waals surface area contributed by atoms with E-state index in [9.17, 15) is 22.7 Å². The third-order valence-electron chi connectivity index (χ3n) is 2.27. The third-order valence-corrected chi connectivity index (χ3v) is 2.57. The van der Waals surface area contributed by atoms with Crippen molar-refractivity contribution in [2.75, 3.05) is 0 Å². The Bertz CT molecular complexity index is 378. The van der Waals surface area contributed by atoms with Crippen LogP contribution in [0.25, 0.3) is 0 Å². The number of alkyl halides is 3. The van der Waals surface area contributed by atoms with Crippen molar-refractivity contribution in [1.82, 2.24) is 0 Å². The van der Waals surface area contributed by atoms with Crippen molar-refractivity contribution in [1.29, 1.82) is 0 Å². The Balaban J connectivity index is 2.52. The van der Waals surface area contributed by atoms with Crippen LogP contribution in [0.1, 0.15) is 30.9 Å². The van der Waals surface area contributed by atoms with E-state index in [0.717, 1.165) is 6.07 Å². The van der Waals surface area contributed by atoms with Gasteiger partial charge in [0.05, 0.1) is 11.1 Å². The molecule has 1 unspecified atom stereocenters. The summed E-state index contributed by atoms with van der Waals surface area (Å²) >= 11 is 5.44. The Labute approximate surface area is 101 Å². The van der Waals surface area contributed by atoms with Crippen molar-refractivity contribution in [3.05, 3.63) is 34.6 Å². The SMILES string of the molecule is OC(CCCC(F)(F)F)c1ccc(Cl)c(F)c1. The summed E-state index contributed by atoms with van der Waals surface area (Å²) in [7, 11) is 0. The highest BCUT2D eigenvalue weighted by molar-refractivity contribution is 6.30. The molecule has 0 radical (unpaired) electrons. The molecule has 0 fully saturated rings. The molecule has 1 nitrogen and oxygen atoms in total. The molecule has 0 aliphatic carbocycles. The smallest absolute Gasteiger partial charge is 0.388 e. The van der Waals surface area contributed by atoms with Crippen LogP contribution in [-0.4, -0.2) is 11.3 Å². The highest BCUT2D eigenvalue weighted by Crippen LogP contribution is 2.27. The maximum atomic E-state index is 13.0. The maximum Gasteiger partial charge on any atom is 0.389 e. The molecule has 1 N–H and O–H groups in total. The van der Waals surface area contributed by atoms with Gasteiger partial charge in [-0.2, -0.15) is 13.2 Å². The van der Waals surface area contributed by atoms with Crippen LogP contribution in [0.3, 0.4) is 0 Å². The molecule has 0 saturated carbocycles. The van der Waals surface area contributed by atoms with Crippen molar-refractivity contribution >= 4 is 11.6 Å². The lowest BCUT2D eigenvalue weighted by Crippen LogP contribution is -2.08. The molecule has 96 valence electrons. The average molecular weight is 271 g/mol. The van der Waals surface area contributed by atoms with Crippen LogP contribution in [0.5, 0.6) is 0 Å². The van der Waals surface area contributed by atoms with Crippen LogP contribution < -0.4 is 0 Å². The Morgan fingerprint density at radius 2 is 1.94 bits per heavy atom. The Morgan fingerprint density at radius 3 is 2.47 bits per heavy atom. The van der Waals surface area contributed by atoms with E-state index in [0.29, 0.717) is 0 Å². The standard InChI is InChI=1S/C11H11ClF4O/c12-8-4-3-7(6-9(8)13)10(17)2-1-5-11(14,15)16/h3-4,6,10,17H,1-2,5H2. The fraction of sp³-hybridized carbons (Fsp3) is 0.455. The molecule has 0 saturated heterocycles. The van der Waals surface area contributed by atoms with Gasteiger partial charge in [0, 0.05) is 6.42 Å². The van der Waals surface area contributed by atoms with Crippen LogP contribution in [0.15, 0.2) is 18.2 Å². The topological polar surface area (TPSA) is 20.2 Å². The second-order valence-electron chi connectivity index (χ2n) is 3.70. The number of rotatable bonds is 4. The summed E-state index contributed by atoms with van der Waals surface area (Å²) in [6.07, 6.45) is -6.57. The summed E-state index contributed by atoms with van der Waals surface area (Å²) < 4.78 is 48.6. The number of aliphatic hydroxyl groups is 1. The van der Waals surface area contributed by atoms with E-state index in [1.54, 1.807) is 0 Å². The minimum absolute atomic E-state index is 0.0689. The van der Waals surface area contributed by atoms with E-state index >= 15 is 0 Å². The third kappa shape index (κ3) is 4.91. The normalized spacial score (nSPS) is 13.8. The van der Waals surface area contributed by atoms with E-state index in [1.165, 1.54) is 12.1 Å². The fourth-order valence-electron chi connectivity index (χ4n) is 1.38. The van der Waals surface area contributed by atoms with Gasteiger partial charge in [-0.05, 0) is 30.5 Å². The first kappa shape index (κ1) is 14.3. The minimum atomic E-state index is -4.23. The van der Waals surface area contributed by atoms with Gasteiger partial charge in [-0.3, -0.25) is 0 Å². The van der Waals surface area contributed by atoms with E-state index in [-0.39, 0.29) is 23.4 Å². The maximum absolute atomic E-state index is 13.0. The predicted molar refractivity (Wildman–Crippen MR) is 56.3 cm³/mol. The van der Waals surface area contributed by atoms with E-state index in [4.69, 9.17) is 11.6 Å². The molecule has 1 rings (SSSR count). The fourth-order valence-corrected chi connectivity index (χ4v) is 1.50. The van der Waals surface area contributed by atoms with E-state index in [1.807, 2.05) is 0 Å². The van der Waals surface area contributed by atoms with Gasteiger partial charge in [0.1, 0.15) is 5.82 Å². The van der Waals surface area contributed by atoms with Gasteiger partial charge in [0.25, 0.3) is 0 Å². The van der Waals surface area contributed by atoms with Crippen molar-refractivity contribution in [3.8, 4) is 0 Å². The van der Waals surface area contributed by atoms with Crippen LogP contribution in [0.4, 0.5) is 17.6 Å². The van der Waals surface area contributed by atoms with Gasteiger partial charge in [0.2, 0.25) is 0 Å². The molecule has 0 aliphatic rings. The zero-order valence-electron chi connectivity index (χ0n) is 8.77. The van der Waals surface area contributed by atoms with Crippen LogP contribution in [0, 0.1) is 5.82 Å². The zero-order chi connectivity index (χ0) is 13.1. The minimum Gasteiger partial charge on any atom is -0.388 e. The van der Waals surface area contributed by atoms with E-state index in [2.05, 4.69) is 0 Å². The number of benzene rings is 1. The van der Waals surface area contributed by atoms with Gasteiger partial charge in [-0.1, -0.05) is 17.7 Å². The second kappa shape index (κ2) is 5.69. The van der Waals surface area contributed by atoms with Crippen molar-refractivity contribution < 1.29 is 22.7 Å². The molecule has 0 heterocycles. The first-order valence-corrected chi connectivity index (χ1v) is 5.37. The zero-order valence-corrected chi connectivity index (χ0v) is 9.52. The molecule has 1 aromatic carbocycles. The number of aliphatic hydroxyl groups excluding tert-OH is 1. The first-order chi connectivity index (χ1) is 7.79. The van der Waals surface area contributed by atoms with Gasteiger partial charge in [-0.15, -0.1) is 0 Å². The molecule has 0 spiro atoms. The predicted octanol–water partition coefficient (Wildman–Crippen LogP) is 4.25. The van der Waals surface area contributed by atoms with Crippen molar-refractivity contribution in [2.24, 2.45) is 0 Å². The quantitative estimate of drug-likeness (QED) is 0.811. The lowest BCUT2D eigenvalue weighted by Gasteiger charge is -2.12. The number of hydrogen-bond donors (Lipinski definition) is 1. The molecular formula is C11H11ClF4O. The number of hydrogen-bond acceptors (Lipinski definition) is 1. The van der Waals surface area contributed by atoms with Crippen LogP contribution >= 0.6 is 11.6 Å². The summed E-state index contributed by atoms with van der Waals surface area (Å²) in [5, 5.41) is 9.47. The summed E-state index contributed by atoms with van der Waals surface area (Å²) in [5.41, 5.74) is 0.231. The number of halogens is 5. The van der Waals surface area contributed by atoms with Gasteiger partial charge in [0.15, 0.2) is 0 Å². The molecule has 17 heavy (non-hydrogen) atoms. The molecule has 0 aliphatic heterocycles. The van der Waals surface area contributed by atoms with Gasteiger partial charge < -0.3 is 5.11 Å². The Morgan fingerprint density at radius 1 is 1.29 bits per heavy atom. The lowest BCUT2D eigenvalue weighted by molar-refractivity contribution is -0.136. The van der Waals surface area contributed by atoms with Gasteiger partial charge >= 0.3 is 6.18 Å². The monoisotopic (exact) mass is 270 g/mol. The van der Waals surface area contributed by atoms with E-state index < -0.39 is 24.5 Å². The van der Waals surface area contributed by atoms with Crippen LogP contribution in [0.2, 0.25) is 5.02 Å². The molecule has 6 heteroatoms. The summed E-state index contributed by atoms with van der Waals surface area (Å²) in [6, 6.07) is 3.68. The molecule has 1 atom stereocenters. The molecule has 0 amide bonds. The van der Waals surface area contributed by atoms with Crippen molar-refractivity contribution in [3.63, 3.8) is 0 Å². The van der Waals surface area contributed by atoms with Crippen molar-refractivity contribution in [2.45, 2.75) is 31.5 Å². The first-order valence-electron chi connectivity index (χ1n) is 4.99.